The first-order chi connectivity index (χ1) is 7.66. The van der Waals surface area contributed by atoms with Crippen molar-refractivity contribution < 1.29 is 5.11 Å². The van der Waals surface area contributed by atoms with Crippen LogP contribution in [0.15, 0.2) is 48.5 Å². The van der Waals surface area contributed by atoms with Crippen LogP contribution in [0.1, 0.15) is 5.56 Å². The SMILES string of the molecule is N=C(N)c1ccc(-c2ccc([O])cc2)cc1. The van der Waals surface area contributed by atoms with E-state index in [0.29, 0.717) is 5.56 Å². The molecule has 79 valence electrons. The van der Waals surface area contributed by atoms with Crippen molar-refractivity contribution in [2.45, 2.75) is 0 Å². The molecule has 0 amide bonds. The summed E-state index contributed by atoms with van der Waals surface area (Å²) in [7, 11) is 0. The Hall–Kier alpha value is -2.29. The van der Waals surface area contributed by atoms with E-state index in [1.807, 2.05) is 12.1 Å². The number of rotatable bonds is 2. The summed E-state index contributed by atoms with van der Waals surface area (Å²) in [4.78, 5) is 0. The van der Waals surface area contributed by atoms with Crippen LogP contribution in [0.4, 0.5) is 0 Å². The normalized spacial score (nSPS) is 10.0. The summed E-state index contributed by atoms with van der Waals surface area (Å²) in [6.45, 7) is 0. The van der Waals surface area contributed by atoms with Gasteiger partial charge in [0.1, 0.15) is 5.84 Å². The van der Waals surface area contributed by atoms with Gasteiger partial charge < -0.3 is 5.73 Å². The minimum absolute atomic E-state index is 0.00380. The van der Waals surface area contributed by atoms with E-state index in [0.717, 1.165) is 11.1 Å². The lowest BCUT2D eigenvalue weighted by molar-refractivity contribution is 0.355. The van der Waals surface area contributed by atoms with E-state index in [2.05, 4.69) is 0 Å². The van der Waals surface area contributed by atoms with Crippen molar-refractivity contribution >= 4 is 5.84 Å². The van der Waals surface area contributed by atoms with E-state index in [1.165, 1.54) is 12.1 Å². The molecular weight excluding hydrogens is 200 g/mol. The molecule has 0 aliphatic carbocycles. The lowest BCUT2D eigenvalue weighted by Crippen LogP contribution is -2.10. The van der Waals surface area contributed by atoms with Gasteiger partial charge >= 0.3 is 0 Å². The van der Waals surface area contributed by atoms with E-state index in [4.69, 9.17) is 11.1 Å². The Bertz CT molecular complexity index is 500. The Morgan fingerprint density at radius 2 is 1.31 bits per heavy atom. The number of hydrogen-bond acceptors (Lipinski definition) is 1. The highest BCUT2D eigenvalue weighted by Crippen LogP contribution is 2.22. The number of nitrogen functional groups attached to an aromatic ring is 1. The maximum Gasteiger partial charge on any atom is 0.178 e. The Balaban J connectivity index is 2.34. The zero-order valence-electron chi connectivity index (χ0n) is 8.60. The van der Waals surface area contributed by atoms with Crippen LogP contribution in [0.5, 0.6) is 5.75 Å². The number of amidine groups is 1. The molecule has 0 saturated carbocycles. The summed E-state index contributed by atoms with van der Waals surface area (Å²) >= 11 is 0. The van der Waals surface area contributed by atoms with E-state index < -0.39 is 0 Å². The number of nitrogens with one attached hydrogen (secondary N) is 1. The van der Waals surface area contributed by atoms with Gasteiger partial charge in [0.2, 0.25) is 0 Å². The van der Waals surface area contributed by atoms with Crippen LogP contribution in [0, 0.1) is 5.41 Å². The summed E-state index contributed by atoms with van der Waals surface area (Å²) in [6, 6.07) is 14.0. The first-order valence-corrected chi connectivity index (χ1v) is 4.89. The van der Waals surface area contributed by atoms with E-state index in [1.54, 1.807) is 24.3 Å². The van der Waals surface area contributed by atoms with Crippen molar-refractivity contribution in [2.24, 2.45) is 5.73 Å². The lowest BCUT2D eigenvalue weighted by atomic mass is 10.0. The molecule has 2 aromatic carbocycles. The third kappa shape index (κ3) is 2.03. The van der Waals surface area contributed by atoms with Crippen molar-refractivity contribution in [2.75, 3.05) is 0 Å². The largest absolute Gasteiger partial charge is 0.384 e. The van der Waals surface area contributed by atoms with Crippen molar-refractivity contribution in [1.82, 2.24) is 0 Å². The Morgan fingerprint density at radius 3 is 1.75 bits per heavy atom. The van der Waals surface area contributed by atoms with Crippen molar-refractivity contribution in [1.29, 1.82) is 5.41 Å². The summed E-state index contributed by atoms with van der Waals surface area (Å²) < 4.78 is 0. The van der Waals surface area contributed by atoms with Gasteiger partial charge in [-0.15, -0.1) is 0 Å². The maximum absolute atomic E-state index is 11.0. The van der Waals surface area contributed by atoms with Gasteiger partial charge in [-0.3, -0.25) is 10.5 Å². The quantitative estimate of drug-likeness (QED) is 0.582. The second-order valence-corrected chi connectivity index (χ2v) is 3.52. The highest BCUT2D eigenvalue weighted by Gasteiger charge is 2.00. The summed E-state index contributed by atoms with van der Waals surface area (Å²) in [5.74, 6) is 0.0607. The highest BCUT2D eigenvalue weighted by molar-refractivity contribution is 5.95. The first kappa shape index (κ1) is 10.2. The fraction of sp³-hybridized carbons (Fsp3) is 0. The van der Waals surface area contributed by atoms with Crippen molar-refractivity contribution in [3.63, 3.8) is 0 Å². The van der Waals surface area contributed by atoms with Gasteiger partial charge in [-0.1, -0.05) is 36.4 Å². The van der Waals surface area contributed by atoms with Crippen LogP contribution in [0.2, 0.25) is 0 Å². The van der Waals surface area contributed by atoms with Gasteiger partial charge in [0, 0.05) is 5.56 Å². The molecule has 0 aliphatic heterocycles. The fourth-order valence-corrected chi connectivity index (χ4v) is 1.49. The van der Waals surface area contributed by atoms with Crippen LogP contribution in [0.3, 0.4) is 0 Å². The first-order valence-electron chi connectivity index (χ1n) is 4.89. The molecule has 0 bridgehead atoms. The Labute approximate surface area is 93.7 Å². The van der Waals surface area contributed by atoms with Gasteiger partial charge in [-0.05, 0) is 23.3 Å². The predicted octanol–water partition coefficient (Wildman–Crippen LogP) is 2.78. The lowest BCUT2D eigenvalue weighted by Gasteiger charge is -2.03. The van der Waals surface area contributed by atoms with E-state index in [-0.39, 0.29) is 11.6 Å². The van der Waals surface area contributed by atoms with E-state index >= 15 is 0 Å². The third-order valence-corrected chi connectivity index (χ3v) is 2.38. The summed E-state index contributed by atoms with van der Waals surface area (Å²) in [5.41, 5.74) is 8.05. The van der Waals surface area contributed by atoms with Crippen LogP contribution in [0.25, 0.3) is 11.1 Å². The molecule has 16 heavy (non-hydrogen) atoms. The number of nitrogens with two attached hydrogens (primary N) is 1. The molecule has 2 rings (SSSR count). The highest BCUT2D eigenvalue weighted by atomic mass is 16.3. The molecule has 0 aliphatic rings. The molecule has 0 unspecified atom stereocenters. The van der Waals surface area contributed by atoms with Gasteiger partial charge in [0.25, 0.3) is 0 Å². The number of benzene rings is 2. The molecule has 0 heterocycles. The standard InChI is InChI=1S/C13H11N2O/c14-13(15)11-3-1-9(2-4-11)10-5-7-12(16)8-6-10/h1-8H,(H3,14,15). The van der Waals surface area contributed by atoms with Gasteiger partial charge in [0.05, 0.1) is 0 Å². The average molecular weight is 211 g/mol. The minimum atomic E-state index is 0.00380. The maximum atomic E-state index is 11.0. The second-order valence-electron chi connectivity index (χ2n) is 3.52. The predicted molar refractivity (Wildman–Crippen MR) is 63.0 cm³/mol. The summed E-state index contributed by atoms with van der Waals surface area (Å²) in [5, 5.41) is 18.2. The molecule has 3 N–H and O–H groups in total. The van der Waals surface area contributed by atoms with E-state index in [9.17, 15) is 5.11 Å². The van der Waals surface area contributed by atoms with Crippen LogP contribution < -0.4 is 5.73 Å². The summed E-state index contributed by atoms with van der Waals surface area (Å²) in [6.07, 6.45) is 0. The molecule has 0 saturated heterocycles. The Kier molecular flexibility index (Phi) is 2.60. The van der Waals surface area contributed by atoms with Gasteiger partial charge in [0.15, 0.2) is 5.75 Å². The zero-order chi connectivity index (χ0) is 11.5. The third-order valence-electron chi connectivity index (χ3n) is 2.38. The fourth-order valence-electron chi connectivity index (χ4n) is 1.49. The molecule has 0 atom stereocenters. The van der Waals surface area contributed by atoms with Crippen LogP contribution in [-0.4, -0.2) is 5.84 Å². The van der Waals surface area contributed by atoms with Crippen LogP contribution >= 0.6 is 0 Å². The molecule has 3 heteroatoms. The molecule has 0 fully saturated rings. The van der Waals surface area contributed by atoms with Gasteiger partial charge in [-0.2, -0.15) is 0 Å². The molecule has 0 spiro atoms. The topological polar surface area (TPSA) is 69.8 Å². The molecule has 0 aromatic heterocycles. The van der Waals surface area contributed by atoms with Crippen molar-refractivity contribution in [3.05, 3.63) is 54.1 Å². The number of hydrogen-bond donors (Lipinski definition) is 2. The monoisotopic (exact) mass is 211 g/mol. The minimum Gasteiger partial charge on any atom is -0.384 e. The molecule has 1 radical (unpaired) electrons. The molecule has 2 aromatic rings. The second kappa shape index (κ2) is 4.06. The smallest absolute Gasteiger partial charge is 0.178 e. The molecular formula is C13H11N2O. The van der Waals surface area contributed by atoms with Crippen LogP contribution in [-0.2, 0) is 5.11 Å². The van der Waals surface area contributed by atoms with Gasteiger partial charge in [-0.25, -0.2) is 0 Å². The average Bonchev–Trinajstić information content (AvgIpc) is 2.30. The zero-order valence-corrected chi connectivity index (χ0v) is 8.60. The van der Waals surface area contributed by atoms with Crippen molar-refractivity contribution in [3.8, 4) is 16.9 Å². The Morgan fingerprint density at radius 1 is 0.875 bits per heavy atom. The molecule has 3 nitrogen and oxygen atoms in total.